The number of carbonyl (C=O) groups is 1. The minimum atomic E-state index is -0.144. The molecule has 24 heavy (non-hydrogen) atoms. The molecule has 0 atom stereocenters. The van der Waals surface area contributed by atoms with Crippen molar-refractivity contribution in [1.82, 2.24) is 4.98 Å². The van der Waals surface area contributed by atoms with E-state index in [9.17, 15) is 4.79 Å². The van der Waals surface area contributed by atoms with E-state index in [0.29, 0.717) is 23.9 Å². The second-order valence-corrected chi connectivity index (χ2v) is 5.81. The van der Waals surface area contributed by atoms with Crippen molar-refractivity contribution in [2.45, 2.75) is 6.92 Å². The molecule has 126 valence electrons. The van der Waals surface area contributed by atoms with Gasteiger partial charge in [0.1, 0.15) is 17.3 Å². The molecule has 0 radical (unpaired) electrons. The van der Waals surface area contributed by atoms with Gasteiger partial charge >= 0.3 is 0 Å². The Morgan fingerprint density at radius 1 is 1.21 bits per heavy atom. The molecule has 6 heteroatoms. The third kappa shape index (κ3) is 4.58. The van der Waals surface area contributed by atoms with E-state index in [0.717, 1.165) is 10.0 Å². The van der Waals surface area contributed by atoms with E-state index < -0.39 is 0 Å². The molecule has 0 aliphatic rings. The van der Waals surface area contributed by atoms with E-state index >= 15 is 0 Å². The lowest BCUT2D eigenvalue weighted by molar-refractivity contribution is -0.114. The molecule has 1 aromatic heterocycles. The molecule has 0 fully saturated rings. The molecule has 0 saturated carbocycles. The predicted octanol–water partition coefficient (Wildman–Crippen LogP) is 3.93. The number of hydrogen-bond acceptors (Lipinski definition) is 4. The van der Waals surface area contributed by atoms with Gasteiger partial charge in [-0.25, -0.2) is 4.98 Å². The molecular formula is C18H19BrN2O3. The predicted molar refractivity (Wildman–Crippen MR) is 98.5 cm³/mol. The summed E-state index contributed by atoms with van der Waals surface area (Å²) in [4.78, 5) is 18.3. The monoisotopic (exact) mass is 390 g/mol. The van der Waals surface area contributed by atoms with Gasteiger partial charge in [-0.1, -0.05) is 0 Å². The molecule has 0 unspecified atom stereocenters. The number of anilines is 1. The molecule has 5 nitrogen and oxygen atoms in total. The highest BCUT2D eigenvalue weighted by atomic mass is 79.9. The summed E-state index contributed by atoms with van der Waals surface area (Å²) in [6.45, 7) is 2.43. The number of hydrogen-bond donors (Lipinski definition) is 0. The molecule has 0 bridgehead atoms. The fourth-order valence-corrected chi connectivity index (χ4v) is 2.38. The van der Waals surface area contributed by atoms with Crippen LogP contribution in [0, 0.1) is 0 Å². The summed E-state index contributed by atoms with van der Waals surface area (Å²) in [5.74, 6) is 1.81. The molecule has 0 N–H and O–H groups in total. The van der Waals surface area contributed by atoms with Crippen LogP contribution in [0.2, 0.25) is 0 Å². The van der Waals surface area contributed by atoms with E-state index in [1.165, 1.54) is 6.08 Å². The smallest absolute Gasteiger partial charge is 0.252 e. The van der Waals surface area contributed by atoms with Gasteiger partial charge in [-0.3, -0.25) is 9.69 Å². The van der Waals surface area contributed by atoms with Gasteiger partial charge in [0.05, 0.1) is 14.2 Å². The van der Waals surface area contributed by atoms with Gasteiger partial charge in [0.15, 0.2) is 0 Å². The van der Waals surface area contributed by atoms with Gasteiger partial charge in [0.2, 0.25) is 0 Å². The molecule has 1 aromatic carbocycles. The van der Waals surface area contributed by atoms with E-state index in [4.69, 9.17) is 9.47 Å². The fraction of sp³-hybridized carbons (Fsp3) is 0.222. The lowest BCUT2D eigenvalue weighted by atomic mass is 10.2. The van der Waals surface area contributed by atoms with Crippen LogP contribution in [0.3, 0.4) is 0 Å². The van der Waals surface area contributed by atoms with Crippen molar-refractivity contribution in [2.24, 2.45) is 0 Å². The number of methoxy groups -OCH3 is 2. The Bertz CT molecular complexity index is 707. The highest BCUT2D eigenvalue weighted by molar-refractivity contribution is 9.10. The average Bonchev–Trinajstić information content (AvgIpc) is 2.61. The van der Waals surface area contributed by atoms with Crippen LogP contribution in [-0.4, -0.2) is 31.7 Å². The zero-order chi connectivity index (χ0) is 17.5. The molecule has 2 aromatic rings. The second-order valence-electron chi connectivity index (χ2n) is 4.90. The number of nitrogens with zero attached hydrogens (tertiary/aromatic N) is 2. The first-order valence-electron chi connectivity index (χ1n) is 7.41. The van der Waals surface area contributed by atoms with Crippen molar-refractivity contribution in [3.63, 3.8) is 0 Å². The number of halogens is 1. The molecule has 1 amide bonds. The zero-order valence-electron chi connectivity index (χ0n) is 13.8. The molecule has 0 saturated heterocycles. The summed E-state index contributed by atoms with van der Waals surface area (Å²) in [6, 6.07) is 9.10. The van der Waals surface area contributed by atoms with Gasteiger partial charge in [-0.2, -0.15) is 0 Å². The maximum absolute atomic E-state index is 12.5. The Balaban J connectivity index is 2.20. The SMILES string of the molecule is CCN(C(=O)/C=C/c1cc(OC)cc(OC)c1)c1ccc(Br)cn1. The summed E-state index contributed by atoms with van der Waals surface area (Å²) in [5, 5.41) is 0. The first-order valence-corrected chi connectivity index (χ1v) is 8.21. The molecule has 2 rings (SSSR count). The van der Waals surface area contributed by atoms with Crippen molar-refractivity contribution in [3.05, 3.63) is 52.6 Å². The van der Waals surface area contributed by atoms with E-state index in [-0.39, 0.29) is 5.91 Å². The lowest BCUT2D eigenvalue weighted by Gasteiger charge is -2.18. The van der Waals surface area contributed by atoms with Crippen LogP contribution >= 0.6 is 15.9 Å². The first-order chi connectivity index (χ1) is 11.6. The maximum atomic E-state index is 12.5. The van der Waals surface area contributed by atoms with Crippen molar-refractivity contribution >= 4 is 33.7 Å². The van der Waals surface area contributed by atoms with Crippen LogP contribution in [0.15, 0.2) is 47.1 Å². The number of likely N-dealkylation sites (N-methyl/N-ethyl adjacent to an activating group) is 1. The van der Waals surface area contributed by atoms with Gasteiger partial charge in [-0.15, -0.1) is 0 Å². The normalized spacial score (nSPS) is 10.7. The summed E-state index contributed by atoms with van der Waals surface area (Å²) in [7, 11) is 3.18. The van der Waals surface area contributed by atoms with Crippen molar-refractivity contribution in [2.75, 3.05) is 25.7 Å². The number of rotatable bonds is 6. The number of pyridine rings is 1. The molecule has 0 aliphatic carbocycles. The molecule has 0 aliphatic heterocycles. The summed E-state index contributed by atoms with van der Waals surface area (Å²) in [6.07, 6.45) is 4.91. The van der Waals surface area contributed by atoms with Crippen molar-refractivity contribution in [3.8, 4) is 11.5 Å². The van der Waals surface area contributed by atoms with E-state index in [2.05, 4.69) is 20.9 Å². The van der Waals surface area contributed by atoms with Crippen LogP contribution in [-0.2, 0) is 4.79 Å². The highest BCUT2D eigenvalue weighted by Crippen LogP contribution is 2.23. The lowest BCUT2D eigenvalue weighted by Crippen LogP contribution is -2.29. The minimum absolute atomic E-state index is 0.144. The van der Waals surface area contributed by atoms with E-state index in [1.807, 2.05) is 25.1 Å². The first kappa shape index (κ1) is 18.0. The van der Waals surface area contributed by atoms with Gasteiger partial charge in [0, 0.05) is 29.4 Å². The zero-order valence-corrected chi connectivity index (χ0v) is 15.4. The third-order valence-corrected chi connectivity index (χ3v) is 3.83. The van der Waals surface area contributed by atoms with Crippen LogP contribution in [0.4, 0.5) is 5.82 Å². The van der Waals surface area contributed by atoms with Crippen molar-refractivity contribution < 1.29 is 14.3 Å². The Morgan fingerprint density at radius 3 is 2.38 bits per heavy atom. The average molecular weight is 391 g/mol. The standard InChI is InChI=1S/C18H19BrN2O3/c1-4-21(17-7-6-14(19)12-20-17)18(22)8-5-13-9-15(23-2)11-16(10-13)24-3/h5-12H,4H2,1-3H3/b8-5+. The quantitative estimate of drug-likeness (QED) is 0.701. The van der Waals surface area contributed by atoms with Gasteiger partial charge < -0.3 is 9.47 Å². The Kier molecular flexibility index (Phi) is 6.37. The van der Waals surface area contributed by atoms with Crippen molar-refractivity contribution in [1.29, 1.82) is 0 Å². The largest absolute Gasteiger partial charge is 0.497 e. The topological polar surface area (TPSA) is 51.7 Å². The maximum Gasteiger partial charge on any atom is 0.252 e. The van der Waals surface area contributed by atoms with E-state index in [1.54, 1.807) is 43.5 Å². The molecule has 0 spiro atoms. The summed E-state index contributed by atoms with van der Waals surface area (Å²) >= 11 is 3.34. The minimum Gasteiger partial charge on any atom is -0.497 e. The Hall–Kier alpha value is -2.34. The number of amides is 1. The fourth-order valence-electron chi connectivity index (χ4n) is 2.14. The number of benzene rings is 1. The van der Waals surface area contributed by atoms with Crippen LogP contribution in [0.25, 0.3) is 6.08 Å². The Morgan fingerprint density at radius 2 is 1.88 bits per heavy atom. The van der Waals surface area contributed by atoms with Gasteiger partial charge in [0.25, 0.3) is 5.91 Å². The third-order valence-electron chi connectivity index (χ3n) is 3.36. The molecule has 1 heterocycles. The Labute approximate surface area is 150 Å². The summed E-state index contributed by atoms with van der Waals surface area (Å²) in [5.41, 5.74) is 0.819. The second kappa shape index (κ2) is 8.49. The summed E-state index contributed by atoms with van der Waals surface area (Å²) < 4.78 is 11.3. The number of aromatic nitrogens is 1. The number of ether oxygens (including phenoxy) is 2. The highest BCUT2D eigenvalue weighted by Gasteiger charge is 2.12. The number of carbonyl (C=O) groups excluding carboxylic acids is 1. The molecular weight excluding hydrogens is 372 g/mol. The van der Waals surface area contributed by atoms with Crippen LogP contribution < -0.4 is 14.4 Å². The van der Waals surface area contributed by atoms with Crippen LogP contribution in [0.5, 0.6) is 11.5 Å². The van der Waals surface area contributed by atoms with Gasteiger partial charge in [-0.05, 0) is 58.8 Å². The van der Waals surface area contributed by atoms with Crippen LogP contribution in [0.1, 0.15) is 12.5 Å².